The molecule has 1 aromatic carbocycles. The van der Waals surface area contributed by atoms with E-state index in [1.54, 1.807) is 35.0 Å². The zero-order valence-electron chi connectivity index (χ0n) is 22.2. The Hall–Kier alpha value is -4.26. The predicted octanol–water partition coefficient (Wildman–Crippen LogP) is 2.80. The lowest BCUT2D eigenvalue weighted by atomic mass is 10.00. The summed E-state index contributed by atoms with van der Waals surface area (Å²) in [6.07, 6.45) is 4.54. The van der Waals surface area contributed by atoms with Crippen LogP contribution in [0.2, 0.25) is 0 Å². The first-order chi connectivity index (χ1) is 18.6. The SMILES string of the molecule is CCn1nccc1C(=O)N1CCC(Oc2cc(-c3c(C)cccc3C)nc(NS(=O)(=O)c3cnn(C)c3)n2)C1. The lowest BCUT2D eigenvalue weighted by Crippen LogP contribution is -2.32. The molecule has 4 heterocycles. The fourth-order valence-electron chi connectivity index (χ4n) is 4.70. The highest BCUT2D eigenvalue weighted by Crippen LogP contribution is 2.30. The van der Waals surface area contributed by atoms with Gasteiger partial charge in [0.15, 0.2) is 0 Å². The van der Waals surface area contributed by atoms with Gasteiger partial charge < -0.3 is 9.64 Å². The van der Waals surface area contributed by atoms with Crippen LogP contribution in [0.1, 0.15) is 35.0 Å². The van der Waals surface area contributed by atoms with E-state index in [2.05, 4.69) is 24.9 Å². The van der Waals surface area contributed by atoms with Gasteiger partial charge in [0, 0.05) is 50.6 Å². The van der Waals surface area contributed by atoms with Crippen molar-refractivity contribution >= 4 is 21.9 Å². The zero-order chi connectivity index (χ0) is 27.7. The summed E-state index contributed by atoms with van der Waals surface area (Å²) in [5.74, 6) is -0.0134. The van der Waals surface area contributed by atoms with Crippen LogP contribution in [0, 0.1) is 13.8 Å². The second kappa shape index (κ2) is 10.5. The van der Waals surface area contributed by atoms with Crippen molar-refractivity contribution in [3.63, 3.8) is 0 Å². The molecule has 3 aromatic heterocycles. The molecule has 204 valence electrons. The average Bonchev–Trinajstić information content (AvgIpc) is 3.64. The second-order valence-corrected chi connectivity index (χ2v) is 11.1. The molecule has 1 saturated heterocycles. The Morgan fingerprint density at radius 1 is 1.15 bits per heavy atom. The third kappa shape index (κ3) is 5.48. The van der Waals surface area contributed by atoms with E-state index < -0.39 is 10.0 Å². The Balaban J connectivity index is 1.43. The van der Waals surface area contributed by atoms with Crippen molar-refractivity contribution in [2.45, 2.75) is 44.7 Å². The molecule has 0 bridgehead atoms. The summed E-state index contributed by atoms with van der Waals surface area (Å²) in [6, 6.07) is 9.29. The van der Waals surface area contributed by atoms with Crippen LogP contribution in [0.3, 0.4) is 0 Å². The quantitative estimate of drug-likeness (QED) is 0.354. The number of carbonyl (C=O) groups is 1. The van der Waals surface area contributed by atoms with Crippen LogP contribution in [0.5, 0.6) is 5.88 Å². The first-order valence-corrected chi connectivity index (χ1v) is 14.1. The van der Waals surface area contributed by atoms with Gasteiger partial charge in [-0.15, -0.1) is 0 Å². The summed E-state index contributed by atoms with van der Waals surface area (Å²) in [5, 5.41) is 8.13. The van der Waals surface area contributed by atoms with Crippen LogP contribution in [-0.4, -0.2) is 67.9 Å². The van der Waals surface area contributed by atoms with Crippen LogP contribution in [-0.2, 0) is 23.6 Å². The van der Waals surface area contributed by atoms with Gasteiger partial charge in [0.2, 0.25) is 11.8 Å². The Morgan fingerprint density at radius 3 is 2.62 bits per heavy atom. The second-order valence-electron chi connectivity index (χ2n) is 9.45. The number of aryl methyl sites for hydroxylation is 4. The van der Waals surface area contributed by atoms with Crippen molar-refractivity contribution in [1.29, 1.82) is 0 Å². The third-order valence-corrected chi connectivity index (χ3v) is 7.89. The van der Waals surface area contributed by atoms with E-state index in [9.17, 15) is 13.2 Å². The van der Waals surface area contributed by atoms with Gasteiger partial charge in [0.05, 0.1) is 18.4 Å². The van der Waals surface area contributed by atoms with Crippen LogP contribution in [0.4, 0.5) is 5.95 Å². The minimum absolute atomic E-state index is 0.00943. The molecular weight excluding hydrogens is 520 g/mol. The third-order valence-electron chi connectivity index (χ3n) is 6.61. The number of sulfonamides is 1. The molecule has 0 radical (unpaired) electrons. The Kier molecular flexibility index (Phi) is 7.08. The van der Waals surface area contributed by atoms with E-state index in [1.807, 2.05) is 39.0 Å². The number of benzene rings is 1. The number of nitrogens with one attached hydrogen (secondary N) is 1. The molecule has 0 saturated carbocycles. The normalized spacial score (nSPS) is 15.5. The molecule has 1 atom stereocenters. The number of amides is 1. The van der Waals surface area contributed by atoms with Crippen molar-refractivity contribution in [3.05, 3.63) is 65.7 Å². The van der Waals surface area contributed by atoms with Crippen molar-refractivity contribution in [2.24, 2.45) is 7.05 Å². The molecule has 5 rings (SSSR count). The molecule has 12 nitrogen and oxygen atoms in total. The molecule has 0 aliphatic carbocycles. The summed E-state index contributed by atoms with van der Waals surface area (Å²) in [7, 11) is -2.35. The molecule has 13 heteroatoms. The fraction of sp³-hybridized carbons (Fsp3) is 0.346. The Labute approximate surface area is 226 Å². The van der Waals surface area contributed by atoms with Gasteiger partial charge >= 0.3 is 0 Å². The van der Waals surface area contributed by atoms with E-state index in [0.717, 1.165) is 16.7 Å². The van der Waals surface area contributed by atoms with Gasteiger partial charge in [-0.05, 0) is 38.0 Å². The number of rotatable bonds is 8. The topological polar surface area (TPSA) is 137 Å². The Morgan fingerprint density at radius 2 is 1.92 bits per heavy atom. The van der Waals surface area contributed by atoms with Crippen LogP contribution < -0.4 is 9.46 Å². The van der Waals surface area contributed by atoms with Gasteiger partial charge in [0.25, 0.3) is 15.9 Å². The Bertz CT molecular complexity index is 1610. The zero-order valence-corrected chi connectivity index (χ0v) is 23.0. The standard InChI is InChI=1S/C26H30N8O4S/c1-5-34-22(9-11-27-34)25(35)33-12-10-19(15-33)38-23-13-21(24-17(2)7-6-8-18(24)3)29-26(30-23)31-39(36,37)20-14-28-32(4)16-20/h6-9,11,13-14,16,19H,5,10,12,15H2,1-4H3,(H,29,30,31). The lowest BCUT2D eigenvalue weighted by molar-refractivity contribution is 0.0759. The number of hydrogen-bond donors (Lipinski definition) is 1. The van der Waals surface area contributed by atoms with E-state index in [4.69, 9.17) is 4.74 Å². The number of likely N-dealkylation sites (tertiary alicyclic amines) is 1. The lowest BCUT2D eigenvalue weighted by Gasteiger charge is -2.18. The maximum absolute atomic E-state index is 13.0. The molecular formula is C26H30N8O4S. The number of aromatic nitrogens is 6. The maximum atomic E-state index is 13.0. The van der Waals surface area contributed by atoms with Gasteiger partial charge in [-0.2, -0.15) is 15.2 Å². The number of hydrogen-bond acceptors (Lipinski definition) is 8. The monoisotopic (exact) mass is 550 g/mol. The van der Waals surface area contributed by atoms with Crippen LogP contribution in [0.15, 0.2) is 53.8 Å². The van der Waals surface area contributed by atoms with E-state index in [0.29, 0.717) is 37.4 Å². The molecule has 1 N–H and O–H groups in total. The highest BCUT2D eigenvalue weighted by molar-refractivity contribution is 7.92. The summed E-state index contributed by atoms with van der Waals surface area (Å²) < 4.78 is 37.7. The summed E-state index contributed by atoms with van der Waals surface area (Å²) >= 11 is 0. The minimum atomic E-state index is -3.98. The highest BCUT2D eigenvalue weighted by Gasteiger charge is 2.30. The van der Waals surface area contributed by atoms with Gasteiger partial charge in [-0.1, -0.05) is 18.2 Å². The molecule has 1 unspecified atom stereocenters. The number of nitrogens with zero attached hydrogens (tertiary/aromatic N) is 7. The summed E-state index contributed by atoms with van der Waals surface area (Å²) in [4.78, 5) is 23.7. The number of carbonyl (C=O) groups excluding carboxylic acids is 1. The van der Waals surface area contributed by atoms with Crippen molar-refractivity contribution in [2.75, 3.05) is 17.8 Å². The van der Waals surface area contributed by atoms with Crippen LogP contribution >= 0.6 is 0 Å². The summed E-state index contributed by atoms with van der Waals surface area (Å²) in [5.41, 5.74) is 3.88. The molecule has 1 amide bonds. The average molecular weight is 551 g/mol. The first-order valence-electron chi connectivity index (χ1n) is 12.6. The molecule has 39 heavy (non-hydrogen) atoms. The predicted molar refractivity (Wildman–Crippen MR) is 144 cm³/mol. The van der Waals surface area contributed by atoms with Gasteiger partial charge in [0.1, 0.15) is 16.7 Å². The van der Waals surface area contributed by atoms with Gasteiger partial charge in [-0.3, -0.25) is 14.2 Å². The maximum Gasteiger partial charge on any atom is 0.272 e. The number of anilines is 1. The smallest absolute Gasteiger partial charge is 0.272 e. The van der Waals surface area contributed by atoms with Crippen molar-refractivity contribution in [3.8, 4) is 17.1 Å². The molecule has 0 spiro atoms. The first kappa shape index (κ1) is 26.4. The highest BCUT2D eigenvalue weighted by atomic mass is 32.2. The van der Waals surface area contributed by atoms with E-state index in [-0.39, 0.29) is 28.7 Å². The van der Waals surface area contributed by atoms with Crippen LogP contribution in [0.25, 0.3) is 11.3 Å². The molecule has 1 aliphatic rings. The van der Waals surface area contributed by atoms with Crippen molar-refractivity contribution < 1.29 is 17.9 Å². The van der Waals surface area contributed by atoms with Gasteiger partial charge in [-0.25, -0.2) is 18.1 Å². The van der Waals surface area contributed by atoms with E-state index in [1.165, 1.54) is 17.1 Å². The molecule has 1 fully saturated rings. The van der Waals surface area contributed by atoms with E-state index >= 15 is 0 Å². The minimum Gasteiger partial charge on any atom is -0.472 e. The largest absolute Gasteiger partial charge is 0.472 e. The fourth-order valence-corrected chi connectivity index (χ4v) is 5.63. The number of ether oxygens (including phenoxy) is 1. The molecule has 4 aromatic rings. The van der Waals surface area contributed by atoms with Crippen molar-refractivity contribution in [1.82, 2.24) is 34.4 Å². The molecule has 1 aliphatic heterocycles. The summed E-state index contributed by atoms with van der Waals surface area (Å²) in [6.45, 7) is 7.35.